The summed E-state index contributed by atoms with van der Waals surface area (Å²) in [5.41, 5.74) is 2.03. The third-order valence-corrected chi connectivity index (χ3v) is 4.38. The lowest BCUT2D eigenvalue weighted by Crippen LogP contribution is -2.06. The van der Waals surface area contributed by atoms with Gasteiger partial charge in [0.15, 0.2) is 5.13 Å². The van der Waals surface area contributed by atoms with Gasteiger partial charge >= 0.3 is 5.97 Å². The summed E-state index contributed by atoms with van der Waals surface area (Å²) in [4.78, 5) is 26.9. The molecule has 3 aromatic rings. The maximum atomic E-state index is 12.1. The van der Waals surface area contributed by atoms with E-state index < -0.39 is 10.9 Å². The Kier molecular flexibility index (Phi) is 5.23. The number of hydrogen-bond acceptors (Lipinski definition) is 7. The Morgan fingerprint density at radius 1 is 1.27 bits per heavy atom. The van der Waals surface area contributed by atoms with E-state index in [1.165, 1.54) is 29.5 Å². The fourth-order valence-corrected chi connectivity index (χ4v) is 2.95. The van der Waals surface area contributed by atoms with E-state index >= 15 is 0 Å². The second-order valence-corrected chi connectivity index (χ2v) is 6.33. The maximum absolute atomic E-state index is 12.1. The van der Waals surface area contributed by atoms with E-state index in [-0.39, 0.29) is 17.9 Å². The molecule has 0 unspecified atom stereocenters. The number of rotatable bonds is 6. The van der Waals surface area contributed by atoms with Gasteiger partial charge in [0.05, 0.1) is 16.2 Å². The summed E-state index contributed by atoms with van der Waals surface area (Å²) in [6.07, 6.45) is 0. The van der Waals surface area contributed by atoms with Crippen LogP contribution in [0.2, 0.25) is 0 Å². The zero-order valence-electron chi connectivity index (χ0n) is 13.8. The molecule has 132 valence electrons. The molecule has 0 radical (unpaired) electrons. The minimum absolute atomic E-state index is 0.00647. The fourth-order valence-electron chi connectivity index (χ4n) is 2.23. The van der Waals surface area contributed by atoms with Crippen molar-refractivity contribution in [3.63, 3.8) is 0 Å². The highest BCUT2D eigenvalue weighted by molar-refractivity contribution is 7.13. The van der Waals surface area contributed by atoms with Crippen molar-refractivity contribution in [2.24, 2.45) is 0 Å². The Hall–Kier alpha value is -3.26. The van der Waals surface area contributed by atoms with E-state index in [1.807, 2.05) is 30.3 Å². The van der Waals surface area contributed by atoms with Crippen LogP contribution in [0.4, 0.5) is 16.5 Å². The summed E-state index contributed by atoms with van der Waals surface area (Å²) in [7, 11) is 0. The van der Waals surface area contributed by atoms with Gasteiger partial charge in [-0.1, -0.05) is 24.3 Å². The molecule has 0 bridgehead atoms. The van der Waals surface area contributed by atoms with E-state index in [1.54, 1.807) is 12.3 Å². The minimum Gasteiger partial charge on any atom is -0.456 e. The number of nitrogens with one attached hydrogen (secondary N) is 1. The number of thiazole rings is 1. The zero-order valence-corrected chi connectivity index (χ0v) is 14.7. The second kappa shape index (κ2) is 7.75. The van der Waals surface area contributed by atoms with Gasteiger partial charge in [0.1, 0.15) is 6.61 Å². The van der Waals surface area contributed by atoms with Crippen molar-refractivity contribution in [1.29, 1.82) is 0 Å². The molecule has 26 heavy (non-hydrogen) atoms. The Bertz CT molecular complexity index is 941. The number of aromatic nitrogens is 1. The lowest BCUT2D eigenvalue weighted by atomic mass is 10.1. The van der Waals surface area contributed by atoms with Crippen LogP contribution in [0, 0.1) is 17.0 Å². The first-order valence-corrected chi connectivity index (χ1v) is 8.59. The molecule has 2 aromatic carbocycles. The number of aryl methyl sites for hydroxylation is 1. The smallest absolute Gasteiger partial charge is 0.338 e. The van der Waals surface area contributed by atoms with Crippen LogP contribution in [0.1, 0.15) is 21.6 Å². The fraction of sp³-hybridized carbons (Fsp3) is 0.111. The molecule has 8 heteroatoms. The van der Waals surface area contributed by atoms with Crippen LogP contribution in [-0.4, -0.2) is 15.9 Å². The average Bonchev–Trinajstić information content (AvgIpc) is 3.08. The van der Waals surface area contributed by atoms with E-state index in [2.05, 4.69) is 10.3 Å². The molecule has 3 rings (SSSR count). The monoisotopic (exact) mass is 369 g/mol. The van der Waals surface area contributed by atoms with Crippen molar-refractivity contribution in [1.82, 2.24) is 4.98 Å². The quantitative estimate of drug-likeness (QED) is 0.392. The van der Waals surface area contributed by atoms with Crippen molar-refractivity contribution in [3.8, 4) is 0 Å². The van der Waals surface area contributed by atoms with Crippen molar-refractivity contribution < 1.29 is 14.5 Å². The molecule has 0 spiro atoms. The normalized spacial score (nSPS) is 10.3. The molecule has 0 atom stereocenters. The first-order chi connectivity index (χ1) is 12.5. The number of esters is 1. The highest BCUT2D eigenvalue weighted by Gasteiger charge is 2.16. The molecule has 1 heterocycles. The summed E-state index contributed by atoms with van der Waals surface area (Å²) in [6, 6.07) is 13.9. The molecule has 0 aliphatic rings. The SMILES string of the molecule is Cc1ccc(C(=O)OCc2csc(Nc3ccccc3)n2)cc1[N+](=O)[O-]. The van der Waals surface area contributed by atoms with E-state index in [0.717, 1.165) is 5.69 Å². The Balaban J connectivity index is 1.62. The summed E-state index contributed by atoms with van der Waals surface area (Å²) in [6.45, 7) is 1.61. The van der Waals surface area contributed by atoms with Gasteiger partial charge in [-0.3, -0.25) is 10.1 Å². The highest BCUT2D eigenvalue weighted by Crippen LogP contribution is 2.22. The van der Waals surface area contributed by atoms with Crippen LogP contribution in [0.5, 0.6) is 0 Å². The molecule has 1 N–H and O–H groups in total. The molecule has 0 fully saturated rings. The minimum atomic E-state index is -0.626. The Morgan fingerprint density at radius 2 is 2.04 bits per heavy atom. The molecule has 7 nitrogen and oxygen atoms in total. The van der Waals surface area contributed by atoms with Crippen LogP contribution in [0.15, 0.2) is 53.9 Å². The topological polar surface area (TPSA) is 94.4 Å². The van der Waals surface area contributed by atoms with Crippen LogP contribution in [-0.2, 0) is 11.3 Å². The first-order valence-electron chi connectivity index (χ1n) is 7.71. The predicted octanol–water partition coefficient (Wildman–Crippen LogP) is 4.46. The lowest BCUT2D eigenvalue weighted by molar-refractivity contribution is -0.385. The third kappa shape index (κ3) is 4.22. The van der Waals surface area contributed by atoms with Crippen LogP contribution in [0.25, 0.3) is 0 Å². The van der Waals surface area contributed by atoms with E-state index in [0.29, 0.717) is 16.4 Å². The number of hydrogen-bond donors (Lipinski definition) is 1. The molecule has 0 aliphatic heterocycles. The molecule has 0 saturated carbocycles. The highest BCUT2D eigenvalue weighted by atomic mass is 32.1. The lowest BCUT2D eigenvalue weighted by Gasteiger charge is -2.04. The van der Waals surface area contributed by atoms with Gasteiger partial charge in [-0.05, 0) is 25.1 Å². The molecule has 0 amide bonds. The maximum Gasteiger partial charge on any atom is 0.338 e. The number of ether oxygens (including phenoxy) is 1. The van der Waals surface area contributed by atoms with Gasteiger partial charge in [-0.25, -0.2) is 9.78 Å². The van der Waals surface area contributed by atoms with Gasteiger partial charge < -0.3 is 10.1 Å². The van der Waals surface area contributed by atoms with Gasteiger partial charge in [-0.2, -0.15) is 0 Å². The van der Waals surface area contributed by atoms with Gasteiger partial charge in [-0.15, -0.1) is 11.3 Å². The number of carbonyl (C=O) groups is 1. The van der Waals surface area contributed by atoms with E-state index in [4.69, 9.17) is 4.74 Å². The Morgan fingerprint density at radius 3 is 2.77 bits per heavy atom. The standard InChI is InChI=1S/C18H15N3O4S/c1-12-7-8-13(9-16(12)21(23)24)17(22)25-10-15-11-26-18(20-15)19-14-5-3-2-4-6-14/h2-9,11H,10H2,1H3,(H,19,20). The predicted molar refractivity (Wildman–Crippen MR) is 98.8 cm³/mol. The molecule has 0 aliphatic carbocycles. The second-order valence-electron chi connectivity index (χ2n) is 5.47. The largest absolute Gasteiger partial charge is 0.456 e. The van der Waals surface area contributed by atoms with Gasteiger partial charge in [0.2, 0.25) is 0 Å². The summed E-state index contributed by atoms with van der Waals surface area (Å²) < 4.78 is 5.21. The first kappa shape index (κ1) is 17.6. The molecular formula is C18H15N3O4S. The number of para-hydroxylation sites is 1. The van der Waals surface area contributed by atoms with Gasteiger partial charge in [0, 0.05) is 22.7 Å². The van der Waals surface area contributed by atoms with Crippen molar-refractivity contribution in [2.75, 3.05) is 5.32 Å². The van der Waals surface area contributed by atoms with Crippen LogP contribution in [0.3, 0.4) is 0 Å². The third-order valence-electron chi connectivity index (χ3n) is 3.57. The number of anilines is 2. The van der Waals surface area contributed by atoms with Gasteiger partial charge in [0.25, 0.3) is 5.69 Å². The zero-order chi connectivity index (χ0) is 18.5. The van der Waals surface area contributed by atoms with Crippen LogP contribution >= 0.6 is 11.3 Å². The molecule has 0 saturated heterocycles. The van der Waals surface area contributed by atoms with E-state index in [9.17, 15) is 14.9 Å². The number of nitrogens with zero attached hydrogens (tertiary/aromatic N) is 2. The Labute approximate surface area is 153 Å². The molecule has 1 aromatic heterocycles. The summed E-state index contributed by atoms with van der Waals surface area (Å²) >= 11 is 1.40. The molecular weight excluding hydrogens is 354 g/mol. The van der Waals surface area contributed by atoms with Crippen molar-refractivity contribution in [3.05, 3.63) is 80.8 Å². The number of benzene rings is 2. The van der Waals surface area contributed by atoms with Crippen molar-refractivity contribution in [2.45, 2.75) is 13.5 Å². The van der Waals surface area contributed by atoms with Crippen molar-refractivity contribution >= 4 is 33.8 Å². The summed E-state index contributed by atoms with van der Waals surface area (Å²) in [5, 5.41) is 16.6. The average molecular weight is 369 g/mol. The summed E-state index contributed by atoms with van der Waals surface area (Å²) in [5.74, 6) is -0.626. The number of nitro benzene ring substituents is 1. The van der Waals surface area contributed by atoms with Crippen LogP contribution < -0.4 is 5.32 Å². The number of nitro groups is 1. The number of carbonyl (C=O) groups excluding carboxylic acids is 1.